The minimum Gasteiger partial charge on any atom is -0.392 e. The molecule has 1 N–H and O–H groups in total. The Kier molecular flexibility index (Phi) is 10.1. The van der Waals surface area contributed by atoms with E-state index >= 15 is 0 Å². The fourth-order valence-electron chi connectivity index (χ4n) is 3.19. The fourth-order valence-corrected chi connectivity index (χ4v) is 4.55. The summed E-state index contributed by atoms with van der Waals surface area (Å²) in [7, 11) is 0. The van der Waals surface area contributed by atoms with Gasteiger partial charge < -0.3 is 5.11 Å². The van der Waals surface area contributed by atoms with E-state index in [4.69, 9.17) is 0 Å². The lowest BCUT2D eigenvalue weighted by Gasteiger charge is -2.29. The molecule has 20 heavy (non-hydrogen) atoms. The fraction of sp³-hybridized carbons (Fsp3) is 1.00. The van der Waals surface area contributed by atoms with Crippen molar-refractivity contribution in [3.05, 3.63) is 0 Å². The standard InChI is InChI=1S/C18H36OS/c1-3-4-5-6-7-8-9-10-11-12-14-17(19)18(2)15-13-16-20-18/h17,19H,3-16H2,1-2H3. The maximum absolute atomic E-state index is 10.3. The molecule has 0 aromatic rings. The van der Waals surface area contributed by atoms with Gasteiger partial charge >= 0.3 is 0 Å². The van der Waals surface area contributed by atoms with Crippen LogP contribution in [0.5, 0.6) is 0 Å². The van der Waals surface area contributed by atoms with Gasteiger partial charge in [-0.25, -0.2) is 0 Å². The van der Waals surface area contributed by atoms with Gasteiger partial charge in [0.15, 0.2) is 0 Å². The van der Waals surface area contributed by atoms with Gasteiger partial charge in [0.25, 0.3) is 0 Å². The highest BCUT2D eigenvalue weighted by molar-refractivity contribution is 8.00. The Hall–Kier alpha value is 0.310. The van der Waals surface area contributed by atoms with Crippen LogP contribution in [-0.4, -0.2) is 21.7 Å². The summed E-state index contributed by atoms with van der Waals surface area (Å²) in [6.45, 7) is 4.53. The first-order valence-corrected chi connectivity index (χ1v) is 9.99. The molecular weight excluding hydrogens is 264 g/mol. The molecule has 1 rings (SSSR count). The molecule has 0 amide bonds. The van der Waals surface area contributed by atoms with E-state index in [1.807, 2.05) is 11.8 Å². The lowest BCUT2D eigenvalue weighted by atomic mass is 9.94. The van der Waals surface area contributed by atoms with E-state index in [-0.39, 0.29) is 10.9 Å². The molecule has 1 nitrogen and oxygen atoms in total. The second kappa shape index (κ2) is 11.0. The Morgan fingerprint density at radius 1 is 0.950 bits per heavy atom. The summed E-state index contributed by atoms with van der Waals surface area (Å²) in [5, 5.41) is 10.3. The van der Waals surface area contributed by atoms with E-state index in [9.17, 15) is 5.11 Å². The summed E-state index contributed by atoms with van der Waals surface area (Å²) >= 11 is 1.98. The highest BCUT2D eigenvalue weighted by Crippen LogP contribution is 2.41. The summed E-state index contributed by atoms with van der Waals surface area (Å²) in [5.41, 5.74) is 0. The topological polar surface area (TPSA) is 20.2 Å². The van der Waals surface area contributed by atoms with Gasteiger partial charge in [-0.2, -0.15) is 11.8 Å². The maximum atomic E-state index is 10.3. The minimum absolute atomic E-state index is 0.0796. The first kappa shape index (κ1) is 18.4. The number of hydrogen-bond donors (Lipinski definition) is 1. The zero-order valence-electron chi connectivity index (χ0n) is 13.8. The molecule has 0 bridgehead atoms. The van der Waals surface area contributed by atoms with Crippen molar-refractivity contribution in [3.8, 4) is 0 Å². The summed E-state index contributed by atoms with van der Waals surface area (Å²) in [6, 6.07) is 0. The molecule has 2 heteroatoms. The van der Waals surface area contributed by atoms with Gasteiger partial charge in [-0.15, -0.1) is 0 Å². The Morgan fingerprint density at radius 3 is 2.00 bits per heavy atom. The van der Waals surface area contributed by atoms with Crippen LogP contribution in [0.4, 0.5) is 0 Å². The normalized spacial score (nSPS) is 24.1. The molecule has 1 aliphatic heterocycles. The monoisotopic (exact) mass is 300 g/mol. The Bertz CT molecular complexity index is 223. The van der Waals surface area contributed by atoms with E-state index in [0.29, 0.717) is 0 Å². The van der Waals surface area contributed by atoms with E-state index in [0.717, 1.165) is 6.42 Å². The van der Waals surface area contributed by atoms with Gasteiger partial charge in [0, 0.05) is 4.75 Å². The second-order valence-electron chi connectivity index (χ2n) is 6.75. The highest BCUT2D eigenvalue weighted by Gasteiger charge is 2.36. The number of aliphatic hydroxyl groups excluding tert-OH is 1. The SMILES string of the molecule is CCCCCCCCCCCCC(O)C1(C)CCCS1. The van der Waals surface area contributed by atoms with Crippen molar-refractivity contribution in [1.29, 1.82) is 0 Å². The third kappa shape index (κ3) is 7.36. The van der Waals surface area contributed by atoms with Gasteiger partial charge in [0.1, 0.15) is 0 Å². The number of unbranched alkanes of at least 4 members (excludes halogenated alkanes) is 9. The molecule has 0 aromatic heterocycles. The van der Waals surface area contributed by atoms with Gasteiger partial charge in [-0.3, -0.25) is 0 Å². The molecule has 0 spiro atoms. The smallest absolute Gasteiger partial charge is 0.0684 e. The van der Waals surface area contributed by atoms with Crippen molar-refractivity contribution in [2.45, 2.75) is 108 Å². The predicted molar refractivity (Wildman–Crippen MR) is 92.6 cm³/mol. The Morgan fingerprint density at radius 2 is 1.50 bits per heavy atom. The summed E-state index contributed by atoms with van der Waals surface area (Å²) in [6.07, 6.45) is 17.2. The maximum Gasteiger partial charge on any atom is 0.0684 e. The first-order valence-electron chi connectivity index (χ1n) is 9.01. The lowest BCUT2D eigenvalue weighted by Crippen LogP contribution is -2.33. The summed E-state index contributed by atoms with van der Waals surface area (Å²) < 4.78 is 0.166. The van der Waals surface area contributed by atoms with Crippen molar-refractivity contribution >= 4 is 11.8 Å². The van der Waals surface area contributed by atoms with E-state index < -0.39 is 0 Å². The Balaban J connectivity index is 1.87. The third-order valence-electron chi connectivity index (χ3n) is 4.79. The summed E-state index contributed by atoms with van der Waals surface area (Å²) in [5.74, 6) is 1.24. The number of thioether (sulfide) groups is 1. The van der Waals surface area contributed by atoms with Crippen LogP contribution in [0.25, 0.3) is 0 Å². The number of aliphatic hydroxyl groups is 1. The predicted octanol–water partition coefficient (Wildman–Crippen LogP) is 5.94. The van der Waals surface area contributed by atoms with E-state index in [2.05, 4.69) is 13.8 Å². The van der Waals surface area contributed by atoms with Crippen molar-refractivity contribution in [3.63, 3.8) is 0 Å². The molecule has 1 fully saturated rings. The van der Waals surface area contributed by atoms with Crippen LogP contribution >= 0.6 is 11.8 Å². The van der Waals surface area contributed by atoms with Crippen molar-refractivity contribution in [2.75, 3.05) is 5.75 Å². The van der Waals surface area contributed by atoms with Gasteiger partial charge in [0.2, 0.25) is 0 Å². The molecule has 1 aliphatic rings. The Labute approximate surface area is 131 Å². The first-order chi connectivity index (χ1) is 9.69. The van der Waals surface area contributed by atoms with Crippen LogP contribution in [-0.2, 0) is 0 Å². The van der Waals surface area contributed by atoms with Crippen molar-refractivity contribution in [1.82, 2.24) is 0 Å². The number of hydrogen-bond acceptors (Lipinski definition) is 2. The molecule has 0 aliphatic carbocycles. The summed E-state index contributed by atoms with van der Waals surface area (Å²) in [4.78, 5) is 0. The van der Waals surface area contributed by atoms with Crippen LogP contribution < -0.4 is 0 Å². The largest absolute Gasteiger partial charge is 0.392 e. The molecule has 120 valence electrons. The third-order valence-corrected chi connectivity index (χ3v) is 6.41. The quantitative estimate of drug-likeness (QED) is 0.450. The molecule has 0 saturated carbocycles. The molecule has 0 aromatic carbocycles. The molecular formula is C18H36OS. The van der Waals surface area contributed by atoms with Gasteiger partial charge in [-0.1, -0.05) is 71.1 Å². The molecule has 2 atom stereocenters. The molecule has 0 radical (unpaired) electrons. The second-order valence-corrected chi connectivity index (χ2v) is 8.38. The lowest BCUT2D eigenvalue weighted by molar-refractivity contribution is 0.121. The van der Waals surface area contributed by atoms with Gasteiger partial charge in [-0.05, 0) is 31.9 Å². The van der Waals surface area contributed by atoms with Gasteiger partial charge in [0.05, 0.1) is 6.10 Å². The van der Waals surface area contributed by atoms with Crippen molar-refractivity contribution < 1.29 is 5.11 Å². The minimum atomic E-state index is -0.0796. The zero-order chi connectivity index (χ0) is 14.7. The van der Waals surface area contributed by atoms with Crippen LogP contribution in [0.15, 0.2) is 0 Å². The van der Waals surface area contributed by atoms with Crippen LogP contribution in [0.3, 0.4) is 0 Å². The van der Waals surface area contributed by atoms with E-state index in [1.165, 1.54) is 82.8 Å². The van der Waals surface area contributed by atoms with Crippen molar-refractivity contribution in [2.24, 2.45) is 0 Å². The number of rotatable bonds is 12. The highest BCUT2D eigenvalue weighted by atomic mass is 32.2. The average molecular weight is 301 g/mol. The van der Waals surface area contributed by atoms with Crippen LogP contribution in [0, 0.1) is 0 Å². The zero-order valence-corrected chi connectivity index (χ0v) is 14.6. The molecule has 1 heterocycles. The van der Waals surface area contributed by atoms with Crippen LogP contribution in [0.1, 0.15) is 97.3 Å². The molecule has 1 saturated heterocycles. The molecule has 2 unspecified atom stereocenters. The average Bonchev–Trinajstić information content (AvgIpc) is 2.89. The van der Waals surface area contributed by atoms with Crippen LogP contribution in [0.2, 0.25) is 0 Å². The van der Waals surface area contributed by atoms with E-state index in [1.54, 1.807) is 0 Å².